The fraction of sp³-hybridized carbons (Fsp3) is 0.429. The topological polar surface area (TPSA) is 79.5 Å². The van der Waals surface area contributed by atoms with Crippen LogP contribution in [-0.4, -0.2) is 38.1 Å². The Morgan fingerprint density at radius 3 is 2.67 bits per heavy atom. The smallest absolute Gasteiger partial charge is 0.231 e. The number of amides is 2. The summed E-state index contributed by atoms with van der Waals surface area (Å²) < 4.78 is 5.31. The molecular weight excluding hydrogens is 294 g/mol. The summed E-state index contributed by atoms with van der Waals surface area (Å²) in [5, 5.41) is 8.86. The number of nitrogens with one attached hydrogen (secondary N) is 3. The molecule has 1 aliphatic heterocycles. The molecule has 3 N–H and O–H groups in total. The summed E-state index contributed by atoms with van der Waals surface area (Å²) in [6, 6.07) is 4.97. The molecule has 7 heteroatoms. The third kappa shape index (κ3) is 3.93. The number of rotatable bonds is 4. The second-order valence-corrected chi connectivity index (χ2v) is 5.31. The van der Waals surface area contributed by atoms with Crippen LogP contribution < -0.4 is 16.0 Å². The fourth-order valence-corrected chi connectivity index (χ4v) is 2.44. The first-order valence-corrected chi connectivity index (χ1v) is 7.02. The van der Waals surface area contributed by atoms with Gasteiger partial charge in [0, 0.05) is 18.7 Å². The number of carbonyl (C=O) groups is 2. The number of benzene rings is 1. The molecule has 0 spiro atoms. The minimum Gasteiger partial charge on any atom is -0.379 e. The largest absolute Gasteiger partial charge is 0.379 e. The monoisotopic (exact) mass is 311 g/mol. The molecule has 0 aromatic heterocycles. The Hall–Kier alpha value is -1.63. The molecule has 2 amide bonds. The zero-order chi connectivity index (χ0) is 15.4. The highest BCUT2D eigenvalue weighted by Crippen LogP contribution is 2.26. The fourth-order valence-electron chi connectivity index (χ4n) is 2.22. The van der Waals surface area contributed by atoms with Gasteiger partial charge in [-0.05, 0) is 25.2 Å². The molecule has 0 saturated carbocycles. The Bertz CT molecular complexity index is 550. The summed E-state index contributed by atoms with van der Waals surface area (Å²) >= 11 is 6.07. The Morgan fingerprint density at radius 2 is 2.05 bits per heavy atom. The Morgan fingerprint density at radius 1 is 1.29 bits per heavy atom. The van der Waals surface area contributed by atoms with E-state index < -0.39 is 0 Å². The second-order valence-electron chi connectivity index (χ2n) is 4.90. The van der Waals surface area contributed by atoms with Crippen LogP contribution in [0, 0.1) is 5.92 Å². The minimum absolute atomic E-state index is 0.0131. The van der Waals surface area contributed by atoms with E-state index in [0.717, 1.165) is 0 Å². The third-order valence-corrected chi connectivity index (χ3v) is 3.65. The van der Waals surface area contributed by atoms with Crippen molar-refractivity contribution in [1.82, 2.24) is 5.32 Å². The molecule has 1 aliphatic rings. The van der Waals surface area contributed by atoms with Gasteiger partial charge in [0.1, 0.15) is 0 Å². The maximum Gasteiger partial charge on any atom is 0.231 e. The van der Waals surface area contributed by atoms with E-state index >= 15 is 0 Å². The summed E-state index contributed by atoms with van der Waals surface area (Å²) in [6.07, 6.45) is 0. The van der Waals surface area contributed by atoms with Gasteiger partial charge in [0.25, 0.3) is 0 Å². The van der Waals surface area contributed by atoms with Crippen LogP contribution in [0.25, 0.3) is 0 Å². The minimum atomic E-state index is -0.233. The molecular formula is C14H18ClN3O3. The van der Waals surface area contributed by atoms with Crippen molar-refractivity contribution in [2.24, 2.45) is 5.92 Å². The van der Waals surface area contributed by atoms with Crippen molar-refractivity contribution in [3.05, 3.63) is 23.2 Å². The summed E-state index contributed by atoms with van der Waals surface area (Å²) in [5.41, 5.74) is 1.10. The van der Waals surface area contributed by atoms with Gasteiger partial charge in [-0.15, -0.1) is 0 Å². The lowest BCUT2D eigenvalue weighted by Crippen LogP contribution is -2.39. The number of ether oxygens (including phenoxy) is 1. The van der Waals surface area contributed by atoms with Crippen LogP contribution in [-0.2, 0) is 14.3 Å². The average molecular weight is 312 g/mol. The number of hydrogen-bond donors (Lipinski definition) is 3. The van der Waals surface area contributed by atoms with Gasteiger partial charge in [0.2, 0.25) is 11.8 Å². The maximum absolute atomic E-state index is 12.2. The summed E-state index contributed by atoms with van der Waals surface area (Å²) in [6.45, 7) is 2.33. The highest BCUT2D eigenvalue weighted by atomic mass is 35.5. The highest BCUT2D eigenvalue weighted by Gasteiger charge is 2.32. The summed E-state index contributed by atoms with van der Waals surface area (Å²) in [7, 11) is 1.80. The maximum atomic E-state index is 12.2. The van der Waals surface area contributed by atoms with Gasteiger partial charge in [-0.2, -0.15) is 0 Å². The van der Waals surface area contributed by atoms with Gasteiger partial charge >= 0.3 is 0 Å². The van der Waals surface area contributed by atoms with Crippen molar-refractivity contribution >= 4 is 34.8 Å². The van der Waals surface area contributed by atoms with Gasteiger partial charge in [-0.25, -0.2) is 0 Å². The first-order valence-electron chi connectivity index (χ1n) is 6.64. The summed E-state index contributed by atoms with van der Waals surface area (Å²) in [4.78, 5) is 23.2. The number of likely N-dealkylation sites (N-methyl/N-ethyl adjacent to an activating group) is 1. The second kappa shape index (κ2) is 6.89. The van der Waals surface area contributed by atoms with Crippen LogP contribution in [0.1, 0.15) is 6.92 Å². The molecule has 1 aromatic rings. The molecule has 2 atom stereocenters. The van der Waals surface area contributed by atoms with Crippen LogP contribution in [0.5, 0.6) is 0 Å². The Kier molecular flexibility index (Phi) is 5.17. The predicted molar refractivity (Wildman–Crippen MR) is 81.5 cm³/mol. The molecule has 114 valence electrons. The van der Waals surface area contributed by atoms with Crippen molar-refractivity contribution in [1.29, 1.82) is 0 Å². The zero-order valence-corrected chi connectivity index (χ0v) is 12.7. The van der Waals surface area contributed by atoms with Crippen molar-refractivity contribution in [3.63, 3.8) is 0 Å². The molecule has 2 unspecified atom stereocenters. The molecule has 1 saturated heterocycles. The van der Waals surface area contributed by atoms with E-state index in [4.69, 9.17) is 16.3 Å². The van der Waals surface area contributed by atoms with Crippen molar-refractivity contribution in [3.8, 4) is 0 Å². The van der Waals surface area contributed by atoms with E-state index in [9.17, 15) is 9.59 Å². The molecule has 1 heterocycles. The Labute approximate surface area is 128 Å². The quantitative estimate of drug-likeness (QED) is 0.787. The molecule has 0 bridgehead atoms. The van der Waals surface area contributed by atoms with Gasteiger partial charge in [-0.3, -0.25) is 9.59 Å². The number of halogens is 1. The van der Waals surface area contributed by atoms with Gasteiger partial charge < -0.3 is 20.7 Å². The molecule has 1 aromatic carbocycles. The van der Waals surface area contributed by atoms with Crippen LogP contribution in [0.4, 0.5) is 11.4 Å². The molecule has 6 nitrogen and oxygen atoms in total. The number of hydrogen-bond acceptors (Lipinski definition) is 4. The molecule has 1 fully saturated rings. The van der Waals surface area contributed by atoms with Gasteiger partial charge in [-0.1, -0.05) is 11.6 Å². The molecule has 2 rings (SSSR count). The predicted octanol–water partition coefficient (Wildman–Crippen LogP) is 1.47. The van der Waals surface area contributed by atoms with Crippen LogP contribution in [0.15, 0.2) is 18.2 Å². The molecule has 0 aliphatic carbocycles. The van der Waals surface area contributed by atoms with Gasteiger partial charge in [0.05, 0.1) is 29.8 Å². The average Bonchev–Trinajstić information content (AvgIpc) is 2.90. The van der Waals surface area contributed by atoms with Gasteiger partial charge in [0.15, 0.2) is 0 Å². The van der Waals surface area contributed by atoms with Crippen molar-refractivity contribution in [2.75, 3.05) is 30.9 Å². The normalized spacial score (nSPS) is 21.1. The molecule has 21 heavy (non-hydrogen) atoms. The Balaban J connectivity index is 2.04. The first-order chi connectivity index (χ1) is 10.0. The standard InChI is InChI=1S/C14H18ClN3O3/c1-8(19)17-12-4-3-9(5-11(12)15)18-14(20)10-6-21-7-13(10)16-2/h3-5,10,13,16H,6-7H2,1-2H3,(H,17,19)(H,18,20). The number of carbonyl (C=O) groups excluding carboxylic acids is 2. The zero-order valence-electron chi connectivity index (χ0n) is 11.9. The number of anilines is 2. The SMILES string of the molecule is CNC1COCC1C(=O)Nc1ccc(NC(C)=O)c(Cl)c1. The first kappa shape index (κ1) is 15.8. The van der Waals surface area contributed by atoms with Crippen LogP contribution in [0.3, 0.4) is 0 Å². The van der Waals surface area contributed by atoms with E-state index in [0.29, 0.717) is 29.6 Å². The lowest BCUT2D eigenvalue weighted by Gasteiger charge is -2.17. The van der Waals surface area contributed by atoms with E-state index in [1.165, 1.54) is 6.92 Å². The van der Waals surface area contributed by atoms with Crippen molar-refractivity contribution < 1.29 is 14.3 Å². The van der Waals surface area contributed by atoms with E-state index in [-0.39, 0.29) is 23.8 Å². The van der Waals surface area contributed by atoms with E-state index in [2.05, 4.69) is 16.0 Å². The van der Waals surface area contributed by atoms with E-state index in [1.807, 2.05) is 0 Å². The summed E-state index contributed by atoms with van der Waals surface area (Å²) in [5.74, 6) is -0.548. The third-order valence-electron chi connectivity index (χ3n) is 3.34. The highest BCUT2D eigenvalue weighted by molar-refractivity contribution is 6.34. The van der Waals surface area contributed by atoms with Crippen LogP contribution in [0.2, 0.25) is 5.02 Å². The molecule has 0 radical (unpaired) electrons. The van der Waals surface area contributed by atoms with Crippen molar-refractivity contribution in [2.45, 2.75) is 13.0 Å². The lowest BCUT2D eigenvalue weighted by molar-refractivity contribution is -0.120. The van der Waals surface area contributed by atoms with Crippen LogP contribution >= 0.6 is 11.6 Å². The lowest BCUT2D eigenvalue weighted by atomic mass is 10.0. The van der Waals surface area contributed by atoms with E-state index in [1.54, 1.807) is 25.2 Å².